The van der Waals surface area contributed by atoms with Crippen molar-refractivity contribution in [3.63, 3.8) is 0 Å². The van der Waals surface area contributed by atoms with Crippen LogP contribution in [-0.2, 0) is 13.6 Å². The highest BCUT2D eigenvalue weighted by Gasteiger charge is 2.22. The van der Waals surface area contributed by atoms with Crippen LogP contribution in [0.15, 0.2) is 54.6 Å². The number of aromatic nitrogens is 2. The first-order chi connectivity index (χ1) is 15.0. The van der Waals surface area contributed by atoms with E-state index in [1.807, 2.05) is 61.3 Å². The number of hydrogen-bond donors (Lipinski definition) is 1. The lowest BCUT2D eigenvalue weighted by molar-refractivity contribution is 0.143. The number of aryl methyl sites for hydroxylation is 2. The van der Waals surface area contributed by atoms with Gasteiger partial charge in [-0.3, -0.25) is 14.9 Å². The lowest BCUT2D eigenvalue weighted by Gasteiger charge is -2.34. The maximum absolute atomic E-state index is 12.5. The SMILES string of the molecule is Cc1cc(NC(=O)N2CCN(Cc3cccc(Oc4ccc(Cl)cc4)c3)CC2)nn1C. The minimum atomic E-state index is -0.101. The van der Waals surface area contributed by atoms with Crippen molar-refractivity contribution in [1.29, 1.82) is 0 Å². The van der Waals surface area contributed by atoms with Gasteiger partial charge in [-0.25, -0.2) is 4.79 Å². The molecular weight excluding hydrogens is 414 g/mol. The normalized spacial score (nSPS) is 14.5. The third-order valence-corrected chi connectivity index (χ3v) is 5.61. The van der Waals surface area contributed by atoms with Crippen LogP contribution < -0.4 is 10.1 Å². The Hall–Kier alpha value is -3.03. The third kappa shape index (κ3) is 5.57. The highest BCUT2D eigenvalue weighted by molar-refractivity contribution is 6.30. The molecule has 4 rings (SSSR count). The molecule has 1 saturated heterocycles. The topological polar surface area (TPSA) is 62.6 Å². The van der Waals surface area contributed by atoms with Gasteiger partial charge in [-0.2, -0.15) is 5.10 Å². The van der Waals surface area contributed by atoms with Crippen molar-refractivity contribution in [3.8, 4) is 11.5 Å². The highest BCUT2D eigenvalue weighted by Crippen LogP contribution is 2.24. The fourth-order valence-corrected chi connectivity index (χ4v) is 3.65. The van der Waals surface area contributed by atoms with Crippen molar-refractivity contribution in [1.82, 2.24) is 19.6 Å². The summed E-state index contributed by atoms with van der Waals surface area (Å²) in [5.74, 6) is 2.14. The van der Waals surface area contributed by atoms with Gasteiger partial charge < -0.3 is 9.64 Å². The summed E-state index contributed by atoms with van der Waals surface area (Å²) in [6.45, 7) is 5.76. The lowest BCUT2D eigenvalue weighted by Crippen LogP contribution is -2.49. The van der Waals surface area contributed by atoms with E-state index in [1.54, 1.807) is 4.68 Å². The second-order valence-electron chi connectivity index (χ2n) is 7.69. The van der Waals surface area contributed by atoms with Crippen LogP contribution in [0.5, 0.6) is 11.5 Å². The van der Waals surface area contributed by atoms with E-state index >= 15 is 0 Å². The summed E-state index contributed by atoms with van der Waals surface area (Å²) in [6, 6.07) is 17.2. The Balaban J connectivity index is 1.28. The van der Waals surface area contributed by atoms with Crippen molar-refractivity contribution >= 4 is 23.4 Å². The molecule has 8 heteroatoms. The van der Waals surface area contributed by atoms with E-state index < -0.39 is 0 Å². The number of ether oxygens (including phenoxy) is 1. The molecule has 162 valence electrons. The van der Waals surface area contributed by atoms with Gasteiger partial charge in [0.1, 0.15) is 11.5 Å². The summed E-state index contributed by atoms with van der Waals surface area (Å²) in [4.78, 5) is 16.7. The number of nitrogens with zero attached hydrogens (tertiary/aromatic N) is 4. The molecule has 0 unspecified atom stereocenters. The quantitative estimate of drug-likeness (QED) is 0.634. The van der Waals surface area contributed by atoms with Crippen molar-refractivity contribution in [3.05, 3.63) is 70.9 Å². The van der Waals surface area contributed by atoms with Crippen LogP contribution in [0.1, 0.15) is 11.3 Å². The van der Waals surface area contributed by atoms with Gasteiger partial charge in [0, 0.05) is 56.6 Å². The van der Waals surface area contributed by atoms with Gasteiger partial charge in [-0.15, -0.1) is 0 Å². The van der Waals surface area contributed by atoms with Gasteiger partial charge in [0.15, 0.2) is 5.82 Å². The van der Waals surface area contributed by atoms with Gasteiger partial charge in [-0.1, -0.05) is 23.7 Å². The molecule has 1 fully saturated rings. The number of urea groups is 1. The second-order valence-corrected chi connectivity index (χ2v) is 8.13. The molecule has 0 bridgehead atoms. The standard InChI is InChI=1S/C23H26ClN5O2/c1-17-14-22(26-27(17)2)25-23(30)29-12-10-28(11-13-29)16-18-4-3-5-21(15-18)31-20-8-6-19(24)7-9-20/h3-9,14-15H,10-13,16H2,1-2H3,(H,25,26,30). The Labute approximate surface area is 187 Å². The van der Waals surface area contributed by atoms with E-state index in [2.05, 4.69) is 27.4 Å². The lowest BCUT2D eigenvalue weighted by atomic mass is 10.2. The molecule has 3 aromatic rings. The molecule has 0 aliphatic carbocycles. The number of carbonyl (C=O) groups excluding carboxylic acids is 1. The van der Waals surface area contributed by atoms with Crippen molar-refractivity contribution in [2.75, 3.05) is 31.5 Å². The van der Waals surface area contributed by atoms with Gasteiger partial charge in [-0.05, 0) is 48.9 Å². The van der Waals surface area contributed by atoms with Gasteiger partial charge in [0.25, 0.3) is 0 Å². The summed E-state index contributed by atoms with van der Waals surface area (Å²) in [5.41, 5.74) is 2.18. The molecule has 0 radical (unpaired) electrons. The maximum atomic E-state index is 12.5. The Morgan fingerprint density at radius 2 is 1.81 bits per heavy atom. The molecule has 0 saturated carbocycles. The average Bonchev–Trinajstić information content (AvgIpc) is 3.07. The largest absolute Gasteiger partial charge is 0.457 e. The Kier molecular flexibility index (Phi) is 6.44. The molecular formula is C23H26ClN5O2. The molecule has 1 aromatic heterocycles. The van der Waals surface area contributed by atoms with Gasteiger partial charge in [0.2, 0.25) is 0 Å². The predicted molar refractivity (Wildman–Crippen MR) is 122 cm³/mol. The summed E-state index contributed by atoms with van der Waals surface area (Å²) in [7, 11) is 1.86. The molecule has 1 aliphatic heterocycles. The van der Waals surface area contributed by atoms with E-state index in [0.717, 1.165) is 36.8 Å². The minimum Gasteiger partial charge on any atom is -0.457 e. The van der Waals surface area contributed by atoms with Gasteiger partial charge >= 0.3 is 6.03 Å². The Bertz CT molecular complexity index is 1020. The van der Waals surface area contributed by atoms with Crippen LogP contribution >= 0.6 is 11.6 Å². The first-order valence-electron chi connectivity index (χ1n) is 10.3. The monoisotopic (exact) mass is 439 g/mol. The zero-order chi connectivity index (χ0) is 21.8. The van der Waals surface area contributed by atoms with Crippen LogP contribution in [0.3, 0.4) is 0 Å². The molecule has 7 nitrogen and oxygen atoms in total. The number of rotatable bonds is 5. The summed E-state index contributed by atoms with van der Waals surface area (Å²) in [5, 5.41) is 7.86. The van der Waals surface area contributed by atoms with Crippen LogP contribution in [0.2, 0.25) is 5.02 Å². The zero-order valence-corrected chi connectivity index (χ0v) is 18.5. The first kappa shape index (κ1) is 21.2. The fraction of sp³-hybridized carbons (Fsp3) is 0.304. The van der Waals surface area contributed by atoms with Gasteiger partial charge in [0.05, 0.1) is 0 Å². The van der Waals surface area contributed by atoms with Crippen molar-refractivity contribution in [2.24, 2.45) is 7.05 Å². The van der Waals surface area contributed by atoms with Crippen molar-refractivity contribution in [2.45, 2.75) is 13.5 Å². The number of anilines is 1. The number of piperazine rings is 1. The Morgan fingerprint density at radius 1 is 1.06 bits per heavy atom. The van der Waals surface area contributed by atoms with Crippen LogP contribution in [0, 0.1) is 6.92 Å². The van der Waals surface area contributed by atoms with Crippen LogP contribution in [-0.4, -0.2) is 51.8 Å². The smallest absolute Gasteiger partial charge is 0.323 e. The van der Waals surface area contributed by atoms with Crippen LogP contribution in [0.25, 0.3) is 0 Å². The molecule has 2 heterocycles. The zero-order valence-electron chi connectivity index (χ0n) is 17.7. The van der Waals surface area contributed by atoms with E-state index in [4.69, 9.17) is 16.3 Å². The number of amides is 2. The van der Waals surface area contributed by atoms with E-state index in [1.165, 1.54) is 5.56 Å². The molecule has 1 N–H and O–H groups in total. The van der Waals surface area contributed by atoms with Crippen molar-refractivity contribution < 1.29 is 9.53 Å². The summed E-state index contributed by atoms with van der Waals surface area (Å²) in [6.07, 6.45) is 0. The molecule has 31 heavy (non-hydrogen) atoms. The molecule has 1 aliphatic rings. The minimum absolute atomic E-state index is 0.101. The maximum Gasteiger partial charge on any atom is 0.323 e. The third-order valence-electron chi connectivity index (χ3n) is 5.36. The molecule has 2 aromatic carbocycles. The second kappa shape index (κ2) is 9.41. The Morgan fingerprint density at radius 3 is 2.48 bits per heavy atom. The van der Waals surface area contributed by atoms with Crippen LogP contribution in [0.4, 0.5) is 10.6 Å². The van der Waals surface area contributed by atoms with E-state index in [-0.39, 0.29) is 6.03 Å². The molecule has 0 atom stereocenters. The number of halogens is 1. The molecule has 0 spiro atoms. The van der Waals surface area contributed by atoms with E-state index in [9.17, 15) is 4.79 Å². The average molecular weight is 440 g/mol. The fourth-order valence-electron chi connectivity index (χ4n) is 3.52. The summed E-state index contributed by atoms with van der Waals surface area (Å²) >= 11 is 5.93. The number of hydrogen-bond acceptors (Lipinski definition) is 4. The first-order valence-corrected chi connectivity index (χ1v) is 10.7. The number of carbonyl (C=O) groups is 1. The van der Waals surface area contributed by atoms with E-state index in [0.29, 0.717) is 23.9 Å². The molecule has 2 amide bonds. The predicted octanol–water partition coefficient (Wildman–Crippen LogP) is 4.52. The summed E-state index contributed by atoms with van der Waals surface area (Å²) < 4.78 is 7.68. The number of benzene rings is 2. The highest BCUT2D eigenvalue weighted by atomic mass is 35.5. The number of nitrogens with one attached hydrogen (secondary N) is 1.